The average molecular weight is 242 g/mol. The van der Waals surface area contributed by atoms with E-state index in [1.807, 2.05) is 22.8 Å². The summed E-state index contributed by atoms with van der Waals surface area (Å²) in [5, 5.41) is 9.10. The number of imidazole rings is 1. The Morgan fingerprint density at radius 1 is 1.33 bits per heavy atom. The molecule has 1 atom stereocenters. The zero-order valence-electron chi connectivity index (χ0n) is 9.91. The fourth-order valence-corrected chi connectivity index (χ4v) is 2.62. The number of hydrogen-bond acceptors (Lipinski definition) is 2. The second kappa shape index (κ2) is 4.29. The van der Waals surface area contributed by atoms with Crippen molar-refractivity contribution < 1.29 is 9.90 Å². The van der Waals surface area contributed by atoms with Gasteiger partial charge in [0.25, 0.3) is 0 Å². The van der Waals surface area contributed by atoms with Crippen LogP contribution >= 0.6 is 0 Å². The first-order valence-electron chi connectivity index (χ1n) is 6.08. The molecular weight excluding hydrogens is 228 g/mol. The van der Waals surface area contributed by atoms with E-state index >= 15 is 0 Å². The van der Waals surface area contributed by atoms with Crippen LogP contribution in [0.5, 0.6) is 0 Å². The highest BCUT2D eigenvalue weighted by atomic mass is 16.4. The first-order valence-corrected chi connectivity index (χ1v) is 6.08. The third-order valence-corrected chi connectivity index (χ3v) is 3.55. The quantitative estimate of drug-likeness (QED) is 0.879. The van der Waals surface area contributed by atoms with Gasteiger partial charge in [-0.3, -0.25) is 0 Å². The van der Waals surface area contributed by atoms with E-state index in [1.54, 1.807) is 6.20 Å². The van der Waals surface area contributed by atoms with Gasteiger partial charge in [-0.2, -0.15) is 0 Å². The monoisotopic (exact) mass is 242 g/mol. The van der Waals surface area contributed by atoms with Crippen LogP contribution in [0, 0.1) is 0 Å². The zero-order chi connectivity index (χ0) is 12.5. The fraction of sp³-hybridized carbons (Fsp3) is 0.286. The Hall–Kier alpha value is -2.10. The Morgan fingerprint density at radius 3 is 2.83 bits per heavy atom. The van der Waals surface area contributed by atoms with Crippen LogP contribution in [-0.4, -0.2) is 20.6 Å². The van der Waals surface area contributed by atoms with Crippen molar-refractivity contribution in [1.82, 2.24) is 9.55 Å². The van der Waals surface area contributed by atoms with Crippen LogP contribution in [0.3, 0.4) is 0 Å². The van der Waals surface area contributed by atoms with Crippen molar-refractivity contribution in [2.24, 2.45) is 0 Å². The minimum absolute atomic E-state index is 0.158. The molecule has 4 heteroatoms. The number of carbonyl (C=O) groups is 1. The predicted octanol–water partition coefficient (Wildman–Crippen LogP) is 2.31. The first kappa shape index (κ1) is 11.0. The average Bonchev–Trinajstić information content (AvgIpc) is 2.82. The smallest absolute Gasteiger partial charge is 0.372 e. The largest absolute Gasteiger partial charge is 0.475 e. The number of carboxylic acids is 1. The van der Waals surface area contributed by atoms with E-state index in [4.69, 9.17) is 5.11 Å². The molecule has 0 bridgehead atoms. The van der Waals surface area contributed by atoms with Crippen molar-refractivity contribution in [3.05, 3.63) is 53.6 Å². The lowest BCUT2D eigenvalue weighted by Gasteiger charge is -2.25. The number of aromatic carboxylic acids is 1. The minimum Gasteiger partial charge on any atom is -0.475 e. The number of aryl methyl sites for hydroxylation is 1. The molecule has 1 aromatic heterocycles. The van der Waals surface area contributed by atoms with Crippen LogP contribution < -0.4 is 0 Å². The number of fused-ring (bicyclic) bond motifs is 1. The first-order chi connectivity index (χ1) is 8.75. The number of carboxylic acid groups (broad SMARTS) is 1. The molecule has 1 aromatic carbocycles. The van der Waals surface area contributed by atoms with E-state index in [2.05, 4.69) is 17.1 Å². The lowest BCUT2D eigenvalue weighted by atomic mass is 9.91. The molecular formula is C14H14N2O2. The summed E-state index contributed by atoms with van der Waals surface area (Å²) in [4.78, 5) is 15.1. The number of nitrogens with zero attached hydrogens (tertiary/aromatic N) is 2. The maximum Gasteiger partial charge on any atom is 0.372 e. The maximum absolute atomic E-state index is 11.1. The molecule has 1 aliphatic heterocycles. The summed E-state index contributed by atoms with van der Waals surface area (Å²) in [7, 11) is 0. The number of benzene rings is 1. The molecule has 1 aliphatic rings. The molecule has 92 valence electrons. The predicted molar refractivity (Wildman–Crippen MR) is 66.7 cm³/mol. The Bertz CT molecular complexity index is 575. The molecule has 0 saturated heterocycles. The molecule has 0 aliphatic carbocycles. The van der Waals surface area contributed by atoms with Crippen LogP contribution in [0.15, 0.2) is 36.5 Å². The van der Waals surface area contributed by atoms with Crippen molar-refractivity contribution in [3.63, 3.8) is 0 Å². The van der Waals surface area contributed by atoms with E-state index in [9.17, 15) is 4.79 Å². The van der Waals surface area contributed by atoms with Crippen LogP contribution in [0.2, 0.25) is 0 Å². The standard InChI is InChI=1S/C14H14N2O2/c17-14(18)13-15-8-12-7-6-11(9-16(12)13)10-4-2-1-3-5-10/h1-5,8,11H,6-7,9H2,(H,17,18). The van der Waals surface area contributed by atoms with Crippen molar-refractivity contribution >= 4 is 5.97 Å². The Labute approximate surface area is 105 Å². The summed E-state index contributed by atoms with van der Waals surface area (Å²) in [6.45, 7) is 0.709. The topological polar surface area (TPSA) is 55.1 Å². The minimum atomic E-state index is -0.949. The number of rotatable bonds is 2. The van der Waals surface area contributed by atoms with Gasteiger partial charge in [-0.25, -0.2) is 9.78 Å². The molecule has 2 heterocycles. The lowest BCUT2D eigenvalue weighted by Crippen LogP contribution is -2.22. The highest BCUT2D eigenvalue weighted by Gasteiger charge is 2.24. The van der Waals surface area contributed by atoms with Gasteiger partial charge in [0.1, 0.15) is 0 Å². The highest BCUT2D eigenvalue weighted by Crippen LogP contribution is 2.29. The van der Waals surface area contributed by atoms with Gasteiger partial charge >= 0.3 is 5.97 Å². The van der Waals surface area contributed by atoms with E-state index in [0.717, 1.165) is 18.5 Å². The van der Waals surface area contributed by atoms with Gasteiger partial charge in [-0.15, -0.1) is 0 Å². The highest BCUT2D eigenvalue weighted by molar-refractivity contribution is 5.83. The van der Waals surface area contributed by atoms with Gasteiger partial charge in [0.15, 0.2) is 0 Å². The summed E-state index contributed by atoms with van der Waals surface area (Å²) < 4.78 is 1.84. The van der Waals surface area contributed by atoms with Gasteiger partial charge < -0.3 is 9.67 Å². The van der Waals surface area contributed by atoms with Crippen molar-refractivity contribution in [2.75, 3.05) is 0 Å². The molecule has 1 N–H and O–H groups in total. The Morgan fingerprint density at radius 2 is 2.11 bits per heavy atom. The molecule has 18 heavy (non-hydrogen) atoms. The molecule has 0 fully saturated rings. The summed E-state index contributed by atoms with van der Waals surface area (Å²) in [5.41, 5.74) is 2.30. The lowest BCUT2D eigenvalue weighted by molar-refractivity contribution is 0.0676. The van der Waals surface area contributed by atoms with Crippen molar-refractivity contribution in [3.8, 4) is 0 Å². The van der Waals surface area contributed by atoms with E-state index in [-0.39, 0.29) is 5.82 Å². The molecule has 0 spiro atoms. The van der Waals surface area contributed by atoms with Crippen molar-refractivity contribution in [1.29, 1.82) is 0 Å². The SMILES string of the molecule is O=C(O)c1ncc2n1CC(c1ccccc1)CC2. The molecule has 0 saturated carbocycles. The van der Waals surface area contributed by atoms with Crippen LogP contribution in [0.25, 0.3) is 0 Å². The third-order valence-electron chi connectivity index (χ3n) is 3.55. The molecule has 2 aromatic rings. The number of hydrogen-bond donors (Lipinski definition) is 1. The molecule has 0 amide bonds. The fourth-order valence-electron chi connectivity index (χ4n) is 2.62. The van der Waals surface area contributed by atoms with Crippen LogP contribution in [0.1, 0.15) is 34.2 Å². The van der Waals surface area contributed by atoms with Gasteiger partial charge in [0.2, 0.25) is 5.82 Å². The molecule has 3 rings (SSSR count). The van der Waals surface area contributed by atoms with Gasteiger partial charge in [-0.1, -0.05) is 30.3 Å². The molecule has 4 nitrogen and oxygen atoms in total. The summed E-state index contributed by atoms with van der Waals surface area (Å²) in [5.74, 6) is -0.411. The Balaban J connectivity index is 1.93. The van der Waals surface area contributed by atoms with E-state index < -0.39 is 5.97 Å². The summed E-state index contributed by atoms with van der Waals surface area (Å²) in [6.07, 6.45) is 3.62. The van der Waals surface area contributed by atoms with Gasteiger partial charge in [0.05, 0.1) is 0 Å². The van der Waals surface area contributed by atoms with E-state index in [0.29, 0.717) is 12.5 Å². The van der Waals surface area contributed by atoms with Crippen LogP contribution in [0.4, 0.5) is 0 Å². The molecule has 0 radical (unpaired) electrons. The zero-order valence-corrected chi connectivity index (χ0v) is 9.91. The second-order valence-corrected chi connectivity index (χ2v) is 4.64. The maximum atomic E-state index is 11.1. The summed E-state index contributed by atoms with van der Waals surface area (Å²) >= 11 is 0. The molecule has 1 unspecified atom stereocenters. The van der Waals surface area contributed by atoms with Crippen molar-refractivity contribution in [2.45, 2.75) is 25.3 Å². The van der Waals surface area contributed by atoms with Crippen LogP contribution in [-0.2, 0) is 13.0 Å². The second-order valence-electron chi connectivity index (χ2n) is 4.64. The third kappa shape index (κ3) is 1.79. The van der Waals surface area contributed by atoms with Gasteiger partial charge in [-0.05, 0) is 18.4 Å². The summed E-state index contributed by atoms with van der Waals surface area (Å²) in [6, 6.07) is 10.3. The van der Waals surface area contributed by atoms with Gasteiger partial charge in [0, 0.05) is 24.4 Å². The normalized spacial score (nSPS) is 18.3. The van der Waals surface area contributed by atoms with E-state index in [1.165, 1.54) is 5.56 Å². The Kier molecular flexibility index (Phi) is 2.63. The number of aromatic nitrogens is 2.